The summed E-state index contributed by atoms with van der Waals surface area (Å²) in [5.41, 5.74) is 0. The molecule has 4 aliphatic rings. The third-order valence-electron chi connectivity index (χ3n) is 1.67. The van der Waals surface area contributed by atoms with Gasteiger partial charge in [0.25, 0.3) is 0 Å². The van der Waals surface area contributed by atoms with Gasteiger partial charge in [0, 0.05) is 43.0 Å². The number of hydrogen-bond acceptors (Lipinski definition) is 14. The van der Waals surface area contributed by atoms with E-state index in [9.17, 15) is 4.80 Å². The minimum absolute atomic E-state index is 0. The summed E-state index contributed by atoms with van der Waals surface area (Å²) in [6.45, 7) is 0. The third-order valence-corrected chi connectivity index (χ3v) is 15.1. The normalized spacial score (nSPS) is 25.6. The quantitative estimate of drug-likeness (QED) is 0.225. The molecule has 141 valence electrons. The Hall–Kier alpha value is 1.67. The second-order valence-corrected chi connectivity index (χ2v) is 14.5. The van der Waals surface area contributed by atoms with E-state index in [0.717, 1.165) is 21.3 Å². The minimum Gasteiger partial charge on any atom is -0.400 e. The van der Waals surface area contributed by atoms with Crippen LogP contribution in [0.3, 0.4) is 0 Å². The van der Waals surface area contributed by atoms with E-state index >= 15 is 0 Å². The number of aliphatic hydroxyl groups is 3. The van der Waals surface area contributed by atoms with E-state index in [0.29, 0.717) is 0 Å². The molecule has 0 spiro atoms. The van der Waals surface area contributed by atoms with Crippen LogP contribution < -0.4 is 0 Å². The summed E-state index contributed by atoms with van der Waals surface area (Å²) in [6.07, 6.45) is 0. The molecule has 0 aromatic heterocycles. The Morgan fingerprint density at radius 1 is 0.400 bits per heavy atom. The van der Waals surface area contributed by atoms with Crippen molar-refractivity contribution in [2.45, 2.75) is 0 Å². The van der Waals surface area contributed by atoms with Gasteiger partial charge in [-0.25, -0.2) is 0 Å². The molecule has 4 N–H and O–H groups in total. The van der Waals surface area contributed by atoms with Crippen molar-refractivity contribution in [3.05, 3.63) is 0 Å². The average Bonchev–Trinajstić information content (AvgIpc) is 2.56. The monoisotopic (exact) mass is 517 g/mol. The van der Waals surface area contributed by atoms with E-state index in [1.807, 2.05) is 0 Å². The topological polar surface area (TPSA) is 173 Å². The van der Waals surface area contributed by atoms with Gasteiger partial charge in [-0.15, -0.1) is 0 Å². The molecule has 4 rings (SSSR count). The van der Waals surface area contributed by atoms with E-state index < -0.39 is 66.7 Å². The number of rotatable bonds is 0. The number of fused-ring (bicyclic) bond motifs is 4. The van der Waals surface area contributed by atoms with Gasteiger partial charge in [-0.05, 0) is 0 Å². The molecule has 4 fully saturated rings. The van der Waals surface area contributed by atoms with E-state index in [4.69, 9.17) is 56.5 Å². The van der Waals surface area contributed by atoms with E-state index in [-0.39, 0.29) is 21.7 Å². The zero-order valence-corrected chi connectivity index (χ0v) is 21.4. The fraction of sp³-hybridized carbons (Fsp3) is 1.00. The van der Waals surface area contributed by atoms with E-state index in [1.54, 1.807) is 0 Å². The van der Waals surface area contributed by atoms with Crippen molar-refractivity contribution in [2.24, 2.45) is 0 Å². The first-order valence-corrected chi connectivity index (χ1v) is 14.3. The summed E-state index contributed by atoms with van der Waals surface area (Å²) in [5, 5.41) is 21.0. The van der Waals surface area contributed by atoms with Crippen LogP contribution in [0.1, 0.15) is 0 Å². The fourth-order valence-electron chi connectivity index (χ4n) is 1.08. The molecule has 7 radical (unpaired) electrons. The van der Waals surface area contributed by atoms with E-state index in [1.165, 1.54) is 0 Å². The van der Waals surface area contributed by atoms with Crippen LogP contribution in [0.4, 0.5) is 0 Å². The number of hydrogen-bond donors (Lipinski definition) is 4. The van der Waals surface area contributed by atoms with Crippen molar-refractivity contribution in [1.29, 1.82) is 0 Å². The first-order valence-electron chi connectivity index (χ1n) is 5.65. The van der Waals surface area contributed by atoms with Crippen LogP contribution in [-0.2, 0) is 62.9 Å². The van der Waals surface area contributed by atoms with Crippen LogP contribution in [0, 0.1) is 0 Å². The maximum absolute atomic E-state index is 9.56. The van der Waals surface area contributed by atoms with Crippen LogP contribution in [0.25, 0.3) is 0 Å². The summed E-state index contributed by atoms with van der Waals surface area (Å²) < 4.78 is 53.4. The molecule has 4 heterocycles. The molecule has 22 heteroatoms. The van der Waals surface area contributed by atoms with E-state index in [2.05, 4.69) is 0 Å². The van der Waals surface area contributed by atoms with Gasteiger partial charge in [0.2, 0.25) is 0 Å². The molecule has 0 aromatic rings. The molecule has 14 nitrogen and oxygen atoms in total. The molecule has 0 amide bonds. The molecule has 0 atom stereocenters. The summed E-state index contributed by atoms with van der Waals surface area (Å²) in [6, 6.07) is 0. The van der Waals surface area contributed by atoms with Crippen LogP contribution in [0.2, 0.25) is 0 Å². The Kier molecular flexibility index (Phi) is 15.6. The SMILES string of the molecule is CO.CO.CO.O[Si]1O[Si]2O[Si]3O[Si](O1)O[Si]1O[Si](O2)O[Si](O3)O1.[Ti]. The maximum atomic E-state index is 9.56. The first-order chi connectivity index (χ1) is 11.7. The van der Waals surface area contributed by atoms with Crippen molar-refractivity contribution in [3.63, 3.8) is 0 Å². The molecule has 0 saturated carbocycles. The minimum atomic E-state index is -2.56. The summed E-state index contributed by atoms with van der Waals surface area (Å²) in [5.74, 6) is 0. The van der Waals surface area contributed by atoms with Gasteiger partial charge >= 0.3 is 66.7 Å². The predicted molar refractivity (Wildman–Crippen MR) is 77.8 cm³/mol. The zero-order chi connectivity index (χ0) is 18.1. The zero-order valence-electron chi connectivity index (χ0n) is 12.9. The Morgan fingerprint density at radius 3 is 0.760 bits per heavy atom. The molecule has 6 bridgehead atoms. The van der Waals surface area contributed by atoms with Gasteiger partial charge in [-0.1, -0.05) is 0 Å². The van der Waals surface area contributed by atoms with Crippen LogP contribution in [0.5, 0.6) is 0 Å². The van der Waals surface area contributed by atoms with Gasteiger partial charge in [0.15, 0.2) is 0 Å². The second-order valence-electron chi connectivity index (χ2n) is 2.79. The third kappa shape index (κ3) is 8.28. The van der Waals surface area contributed by atoms with Gasteiger partial charge < -0.3 is 61.3 Å². The standard InChI is InChI=1S/3CH4O.HO11Si7.Ti/c3*1-2;1-12-2-13-4-15-5-14(3-12)7-17-9-16(6-13)10-18(8-15)11-17;/h3*2H,1H3;1H;. The van der Waals surface area contributed by atoms with Crippen molar-refractivity contribution >= 4 is 66.7 Å². The summed E-state index contributed by atoms with van der Waals surface area (Å²) >= 11 is 0. The first kappa shape index (κ1) is 26.7. The average molecular weight is 518 g/mol. The Bertz CT molecular complexity index is 313. The molecule has 4 aliphatic heterocycles. The summed E-state index contributed by atoms with van der Waals surface area (Å²) in [7, 11) is -12.5. The van der Waals surface area contributed by atoms with Crippen molar-refractivity contribution in [2.75, 3.05) is 21.3 Å². The molecule has 0 aliphatic carbocycles. The maximum Gasteiger partial charge on any atom is 0.558 e. The molecule has 25 heavy (non-hydrogen) atoms. The Labute approximate surface area is 170 Å². The predicted octanol–water partition coefficient (Wildman–Crippen LogP) is -5.08. The Balaban J connectivity index is 0.000000751. The molecule has 0 aromatic carbocycles. The van der Waals surface area contributed by atoms with Crippen molar-refractivity contribution in [1.82, 2.24) is 0 Å². The van der Waals surface area contributed by atoms with Gasteiger partial charge in [-0.3, -0.25) is 0 Å². The smallest absolute Gasteiger partial charge is 0.400 e. The molecular formula is C3H13O14Si7Ti. The van der Waals surface area contributed by atoms with Crippen LogP contribution >= 0.6 is 0 Å². The van der Waals surface area contributed by atoms with Crippen molar-refractivity contribution < 1.29 is 83.0 Å². The van der Waals surface area contributed by atoms with Gasteiger partial charge in [0.05, 0.1) is 0 Å². The molecule has 4 saturated heterocycles. The van der Waals surface area contributed by atoms with Gasteiger partial charge in [-0.2, -0.15) is 0 Å². The number of aliphatic hydroxyl groups excluding tert-OH is 3. The van der Waals surface area contributed by atoms with Gasteiger partial charge in [0.1, 0.15) is 0 Å². The largest absolute Gasteiger partial charge is 0.558 e. The molecular weight excluding hydrogens is 504 g/mol. The summed E-state index contributed by atoms with van der Waals surface area (Å²) in [4.78, 5) is 9.56. The van der Waals surface area contributed by atoms with Crippen LogP contribution in [-0.4, -0.2) is 108 Å². The van der Waals surface area contributed by atoms with Crippen LogP contribution in [0.15, 0.2) is 0 Å². The fourth-order valence-corrected chi connectivity index (χ4v) is 16.9. The second kappa shape index (κ2) is 14.6. The Morgan fingerprint density at radius 2 is 0.560 bits per heavy atom. The molecule has 0 unspecified atom stereocenters. The van der Waals surface area contributed by atoms with Crippen molar-refractivity contribution in [3.8, 4) is 0 Å².